The number of imide groups is 2. The van der Waals surface area contributed by atoms with E-state index in [2.05, 4.69) is 8.37 Å². The van der Waals surface area contributed by atoms with Crippen LogP contribution in [0.25, 0.3) is 33.0 Å². The Morgan fingerprint density at radius 1 is 0.348 bits per heavy atom. The summed E-state index contributed by atoms with van der Waals surface area (Å²) in [5, 5.41) is -0.160. The SMILES string of the molecule is COS(=O)(=O)c1cc(N)ccc1-c1ccc(N2C(=O)c3ccc4c5c(ccc(c35)C2=O)C(=O)N(c2ccc(-c3ccc(N)cc3S(=O)(=O)OC)c(S(=O)(=O)OC)c2)C4=O)cc1S(=O)(=O)OC. The highest BCUT2D eigenvalue weighted by molar-refractivity contribution is 7.88. The molecule has 20 nitrogen and oxygen atoms in total. The first-order chi connectivity index (χ1) is 31.0. The zero-order valence-corrected chi connectivity index (χ0v) is 37.7. The van der Waals surface area contributed by atoms with Crippen molar-refractivity contribution >= 4 is 97.6 Å². The van der Waals surface area contributed by atoms with Crippen LogP contribution in [0.3, 0.4) is 0 Å². The smallest absolute Gasteiger partial charge is 0.297 e. The van der Waals surface area contributed by atoms with Crippen molar-refractivity contribution in [3.8, 4) is 22.3 Å². The van der Waals surface area contributed by atoms with E-state index in [1.165, 1.54) is 60.7 Å². The van der Waals surface area contributed by atoms with Gasteiger partial charge in [-0.05, 0) is 72.8 Å². The van der Waals surface area contributed by atoms with Crippen molar-refractivity contribution in [3.63, 3.8) is 0 Å². The molecule has 0 spiro atoms. The zero-order valence-electron chi connectivity index (χ0n) is 34.5. The van der Waals surface area contributed by atoms with Crippen LogP contribution in [0.2, 0.25) is 0 Å². The van der Waals surface area contributed by atoms with Gasteiger partial charge in [0.15, 0.2) is 0 Å². The third-order valence-electron chi connectivity index (χ3n) is 10.9. The number of carbonyl (C=O) groups is 4. The van der Waals surface area contributed by atoms with Gasteiger partial charge in [-0.2, -0.15) is 33.7 Å². The van der Waals surface area contributed by atoms with Crippen LogP contribution < -0.4 is 21.3 Å². The molecule has 0 fully saturated rings. The molecule has 6 aromatic carbocycles. The van der Waals surface area contributed by atoms with Gasteiger partial charge in [0.2, 0.25) is 0 Å². The molecule has 66 heavy (non-hydrogen) atoms. The molecule has 4 amide bonds. The molecule has 340 valence electrons. The Hall–Kier alpha value is -6.90. The van der Waals surface area contributed by atoms with E-state index in [9.17, 15) is 52.8 Å². The van der Waals surface area contributed by atoms with Crippen LogP contribution in [-0.4, -0.2) is 85.7 Å². The quantitative estimate of drug-likeness (QED) is 0.0982. The lowest BCUT2D eigenvalue weighted by molar-refractivity contribution is 0.0873. The summed E-state index contributed by atoms with van der Waals surface area (Å²) in [6.07, 6.45) is 0. The Balaban J connectivity index is 1.23. The number of anilines is 4. The molecule has 4 N–H and O–H groups in total. The molecule has 24 heteroatoms. The standard InChI is InChI=1S/C42H32N4O16S4/c1-59-63(51,52)33-17-21(43)5-9-25(33)27-11-7-23(19-35(27)65(55,56)61-3)45-39(47)29-13-15-31-38-32(16-14-30(37(29)38)40(45)48)42(50)46(41(31)49)24-8-12-28(36(20-24)66(57,58)62-4)26-10-6-22(44)18-34(26)64(53,54)60-2/h5-20H,43-44H2,1-4H3. The van der Waals surface area contributed by atoms with Crippen molar-refractivity contribution in [2.75, 3.05) is 49.7 Å². The van der Waals surface area contributed by atoms with E-state index in [4.69, 9.17) is 19.8 Å². The van der Waals surface area contributed by atoms with Crippen LogP contribution in [0.15, 0.2) is 117 Å². The Bertz CT molecular complexity index is 3360. The number of rotatable bonds is 12. The molecule has 0 aromatic heterocycles. The van der Waals surface area contributed by atoms with Crippen molar-refractivity contribution in [2.45, 2.75) is 19.6 Å². The monoisotopic (exact) mass is 976 g/mol. The molecule has 0 bridgehead atoms. The van der Waals surface area contributed by atoms with Gasteiger partial charge in [0.05, 0.1) is 39.8 Å². The molecule has 2 aliphatic heterocycles. The minimum absolute atomic E-state index is 0.00981. The summed E-state index contributed by atoms with van der Waals surface area (Å²) < 4.78 is 124. The minimum atomic E-state index is -4.71. The lowest BCUT2D eigenvalue weighted by Crippen LogP contribution is -2.43. The fourth-order valence-corrected chi connectivity index (χ4v) is 11.4. The number of nitrogens with two attached hydrogens (primary N) is 2. The van der Waals surface area contributed by atoms with Gasteiger partial charge in [0, 0.05) is 66.7 Å². The summed E-state index contributed by atoms with van der Waals surface area (Å²) in [7, 11) is -14.9. The molecule has 0 aliphatic carbocycles. The Kier molecular flexibility index (Phi) is 11.0. The van der Waals surface area contributed by atoms with Crippen molar-refractivity contribution in [3.05, 3.63) is 119 Å². The summed E-state index contributed by atoms with van der Waals surface area (Å²) in [4.78, 5) is 56.6. The molecular formula is C42H32N4O16S4. The summed E-state index contributed by atoms with van der Waals surface area (Å²) in [5.41, 5.74) is 9.68. The van der Waals surface area contributed by atoms with Gasteiger partial charge < -0.3 is 11.5 Å². The molecule has 2 heterocycles. The van der Waals surface area contributed by atoms with E-state index in [1.54, 1.807) is 0 Å². The number of amides is 4. The summed E-state index contributed by atoms with van der Waals surface area (Å²) in [6.45, 7) is 0. The maximum Gasteiger partial charge on any atom is 0.297 e. The van der Waals surface area contributed by atoms with Crippen LogP contribution >= 0.6 is 0 Å². The van der Waals surface area contributed by atoms with E-state index in [0.717, 1.165) is 64.8 Å². The number of nitrogens with zero attached hydrogens (tertiary/aromatic N) is 2. The first kappa shape index (κ1) is 45.7. The second-order valence-corrected chi connectivity index (χ2v) is 21.0. The van der Waals surface area contributed by atoms with E-state index in [0.29, 0.717) is 9.80 Å². The summed E-state index contributed by atoms with van der Waals surface area (Å²) in [5.74, 6) is -3.98. The van der Waals surface area contributed by atoms with Crippen LogP contribution in [0.4, 0.5) is 22.7 Å². The maximum atomic E-state index is 14.4. The Morgan fingerprint density at radius 2 is 0.576 bits per heavy atom. The van der Waals surface area contributed by atoms with Gasteiger partial charge in [0.1, 0.15) is 19.6 Å². The number of hydrogen-bond donors (Lipinski definition) is 2. The number of nitrogen functional groups attached to an aromatic ring is 2. The fourth-order valence-electron chi connectivity index (χ4n) is 7.80. The second-order valence-electron chi connectivity index (χ2n) is 14.3. The highest BCUT2D eigenvalue weighted by Crippen LogP contribution is 2.44. The molecule has 2 aliphatic rings. The number of carbonyl (C=O) groups excluding carboxylic acids is 4. The predicted octanol–water partition coefficient (Wildman–Crippen LogP) is 4.28. The van der Waals surface area contributed by atoms with Crippen molar-refractivity contribution < 1.29 is 69.6 Å². The van der Waals surface area contributed by atoms with Crippen molar-refractivity contribution in [1.29, 1.82) is 0 Å². The topological polar surface area (TPSA) is 300 Å². The van der Waals surface area contributed by atoms with Gasteiger partial charge in [-0.15, -0.1) is 0 Å². The van der Waals surface area contributed by atoms with Gasteiger partial charge in [-0.25, -0.2) is 9.80 Å². The largest absolute Gasteiger partial charge is 0.399 e. The third kappa shape index (κ3) is 7.10. The fraction of sp³-hybridized carbons (Fsp3) is 0.0952. The summed E-state index contributed by atoms with van der Waals surface area (Å²) in [6, 6.07) is 18.7. The van der Waals surface area contributed by atoms with Gasteiger partial charge in [0.25, 0.3) is 64.1 Å². The molecule has 0 unspecified atom stereocenters. The van der Waals surface area contributed by atoms with Gasteiger partial charge >= 0.3 is 0 Å². The molecule has 6 aromatic rings. The molecule has 0 saturated heterocycles. The van der Waals surface area contributed by atoms with E-state index in [1.807, 2.05) is 0 Å². The highest BCUT2D eigenvalue weighted by Gasteiger charge is 2.42. The second kappa shape index (κ2) is 15.9. The zero-order chi connectivity index (χ0) is 48.0. The first-order valence-electron chi connectivity index (χ1n) is 18.7. The van der Waals surface area contributed by atoms with E-state index in [-0.39, 0.29) is 78.0 Å². The maximum absolute atomic E-state index is 14.4. The van der Waals surface area contributed by atoms with Crippen molar-refractivity contribution in [1.82, 2.24) is 0 Å². The average Bonchev–Trinajstić information content (AvgIpc) is 3.30. The number of hydrogen-bond acceptors (Lipinski definition) is 18. The van der Waals surface area contributed by atoms with Gasteiger partial charge in [-0.3, -0.25) is 35.9 Å². The predicted molar refractivity (Wildman–Crippen MR) is 236 cm³/mol. The van der Waals surface area contributed by atoms with Crippen LogP contribution in [-0.2, 0) is 57.2 Å². The molecule has 0 atom stereocenters. The van der Waals surface area contributed by atoms with E-state index >= 15 is 0 Å². The molecule has 0 radical (unpaired) electrons. The molecule has 0 saturated carbocycles. The lowest BCUT2D eigenvalue weighted by Gasteiger charge is -2.32. The Labute approximate surface area is 376 Å². The van der Waals surface area contributed by atoms with Crippen LogP contribution in [0, 0.1) is 0 Å². The normalized spacial score (nSPS) is 14.4. The number of benzene rings is 6. The van der Waals surface area contributed by atoms with Crippen molar-refractivity contribution in [2.24, 2.45) is 0 Å². The van der Waals surface area contributed by atoms with E-state index < -0.39 is 83.7 Å². The molecular weight excluding hydrogens is 945 g/mol. The lowest BCUT2D eigenvalue weighted by atomic mass is 9.85. The Morgan fingerprint density at radius 3 is 0.833 bits per heavy atom. The minimum Gasteiger partial charge on any atom is -0.399 e. The summed E-state index contributed by atoms with van der Waals surface area (Å²) >= 11 is 0. The van der Waals surface area contributed by atoms with Gasteiger partial charge in [-0.1, -0.05) is 24.3 Å². The van der Waals surface area contributed by atoms with Crippen LogP contribution in [0.5, 0.6) is 0 Å². The highest BCUT2D eigenvalue weighted by atomic mass is 32.2. The molecule has 8 rings (SSSR count). The average molecular weight is 977 g/mol. The third-order valence-corrected chi connectivity index (χ3v) is 16.1. The first-order valence-corrected chi connectivity index (χ1v) is 24.3. The van der Waals surface area contributed by atoms with Crippen LogP contribution in [0.1, 0.15) is 41.4 Å².